The maximum Gasteiger partial charge on any atom is 0.410 e. The van der Waals surface area contributed by atoms with E-state index in [4.69, 9.17) is 9.15 Å². The molecule has 1 fully saturated rings. The second-order valence-electron chi connectivity index (χ2n) is 11.8. The topological polar surface area (TPSA) is 75.0 Å². The minimum Gasteiger partial charge on any atom is -0.456 e. The van der Waals surface area contributed by atoms with Gasteiger partial charge < -0.3 is 19.4 Å². The molecule has 1 aromatic heterocycles. The van der Waals surface area contributed by atoms with Crippen LogP contribution in [-0.2, 0) is 11.3 Å². The average molecular weight is 562 g/mol. The number of fused-ring (bicyclic) bond motifs is 2. The average Bonchev–Trinajstić information content (AvgIpc) is 3.40. The van der Waals surface area contributed by atoms with Crippen molar-refractivity contribution in [3.05, 3.63) is 102 Å². The van der Waals surface area contributed by atoms with E-state index in [2.05, 4.69) is 22.3 Å². The van der Waals surface area contributed by atoms with E-state index in [1.165, 1.54) is 5.56 Å². The van der Waals surface area contributed by atoms with Crippen molar-refractivity contribution in [2.75, 3.05) is 31.5 Å². The molecule has 0 saturated carbocycles. The Morgan fingerprint density at radius 1 is 0.833 bits per heavy atom. The van der Waals surface area contributed by atoms with E-state index in [0.29, 0.717) is 30.1 Å². The fourth-order valence-electron chi connectivity index (χ4n) is 5.42. The van der Waals surface area contributed by atoms with Gasteiger partial charge in [0.2, 0.25) is 0 Å². The van der Waals surface area contributed by atoms with Gasteiger partial charge in [0, 0.05) is 49.2 Å². The van der Waals surface area contributed by atoms with Crippen LogP contribution >= 0.6 is 0 Å². The van der Waals surface area contributed by atoms with Crippen LogP contribution in [0.4, 0.5) is 10.5 Å². The number of carbonyl (C=O) groups excluding carboxylic acids is 2. The van der Waals surface area contributed by atoms with Gasteiger partial charge in [0.25, 0.3) is 5.91 Å². The lowest BCUT2D eigenvalue weighted by molar-refractivity contribution is 0.0139. The third-order valence-corrected chi connectivity index (χ3v) is 7.49. The lowest BCUT2D eigenvalue weighted by atomic mass is 10.0. The minimum absolute atomic E-state index is 0.163. The van der Waals surface area contributed by atoms with Crippen LogP contribution in [0.2, 0.25) is 0 Å². The standard InChI is InChI=1S/C35H35N3O4/c1-35(2,3)42-34(40)38-19-17-37(18-20-38)23-24-15-16-31-26(21-24)22-32(41-31)29-12-6-7-14-30(29)36-33(39)28-13-8-10-25-9-4-5-11-27(25)28/h4-16,21-22H,17-20,23H2,1-3H3,(H,36,39). The van der Waals surface area contributed by atoms with Crippen LogP contribution in [-0.4, -0.2) is 53.6 Å². The van der Waals surface area contributed by atoms with Crippen LogP contribution < -0.4 is 5.32 Å². The van der Waals surface area contributed by atoms with E-state index >= 15 is 0 Å². The Balaban J connectivity index is 1.16. The summed E-state index contributed by atoms with van der Waals surface area (Å²) in [5, 5.41) is 6.05. The number of piperazine rings is 1. The van der Waals surface area contributed by atoms with E-state index in [-0.39, 0.29) is 12.0 Å². The fraction of sp³-hybridized carbons (Fsp3) is 0.257. The second-order valence-corrected chi connectivity index (χ2v) is 11.8. The summed E-state index contributed by atoms with van der Waals surface area (Å²) in [5.74, 6) is 0.534. The maximum absolute atomic E-state index is 13.4. The predicted molar refractivity (Wildman–Crippen MR) is 167 cm³/mol. The number of amides is 2. The molecule has 1 saturated heterocycles. The molecule has 4 aromatic carbocycles. The highest BCUT2D eigenvalue weighted by molar-refractivity contribution is 6.14. The number of hydrogen-bond acceptors (Lipinski definition) is 5. The molecule has 0 aliphatic carbocycles. The SMILES string of the molecule is CC(C)(C)OC(=O)N1CCN(Cc2ccc3oc(-c4ccccc4NC(=O)c4cccc5ccccc45)cc3c2)CC1. The Morgan fingerprint density at radius 2 is 1.57 bits per heavy atom. The number of carbonyl (C=O) groups is 2. The molecule has 1 aliphatic heterocycles. The van der Waals surface area contributed by atoms with Gasteiger partial charge in [0.15, 0.2) is 0 Å². The van der Waals surface area contributed by atoms with Gasteiger partial charge in [-0.05, 0) is 73.5 Å². The van der Waals surface area contributed by atoms with E-state index in [1.807, 2.05) is 99.6 Å². The Kier molecular flexibility index (Phi) is 7.43. The molecule has 0 bridgehead atoms. The van der Waals surface area contributed by atoms with Crippen LogP contribution in [0.1, 0.15) is 36.7 Å². The zero-order valence-corrected chi connectivity index (χ0v) is 24.2. The molecule has 0 unspecified atom stereocenters. The van der Waals surface area contributed by atoms with Crippen molar-refractivity contribution >= 4 is 39.4 Å². The normalized spacial score (nSPS) is 14.3. The second kappa shape index (κ2) is 11.3. The molecule has 42 heavy (non-hydrogen) atoms. The Bertz CT molecular complexity index is 1750. The van der Waals surface area contributed by atoms with E-state index in [1.54, 1.807) is 4.90 Å². The summed E-state index contributed by atoms with van der Waals surface area (Å²) in [4.78, 5) is 29.9. The van der Waals surface area contributed by atoms with Gasteiger partial charge in [-0.25, -0.2) is 4.79 Å². The number of benzene rings is 4. The molecule has 0 radical (unpaired) electrons. The molecule has 2 heterocycles. The third-order valence-electron chi connectivity index (χ3n) is 7.49. The molecule has 0 atom stereocenters. The molecular formula is C35H35N3O4. The van der Waals surface area contributed by atoms with Gasteiger partial charge in [0.1, 0.15) is 16.9 Å². The first-order chi connectivity index (χ1) is 20.2. The molecule has 7 heteroatoms. The highest BCUT2D eigenvalue weighted by Crippen LogP contribution is 2.34. The lowest BCUT2D eigenvalue weighted by Gasteiger charge is -2.35. The number of anilines is 1. The monoisotopic (exact) mass is 561 g/mol. The number of nitrogens with zero attached hydrogens (tertiary/aromatic N) is 2. The van der Waals surface area contributed by atoms with Crippen molar-refractivity contribution in [1.29, 1.82) is 0 Å². The van der Waals surface area contributed by atoms with Gasteiger partial charge in [-0.2, -0.15) is 0 Å². The molecule has 1 N–H and O–H groups in total. The Morgan fingerprint density at radius 3 is 2.38 bits per heavy atom. The van der Waals surface area contributed by atoms with E-state index in [0.717, 1.165) is 46.9 Å². The number of nitrogens with one attached hydrogen (secondary N) is 1. The fourth-order valence-corrected chi connectivity index (χ4v) is 5.42. The highest BCUT2D eigenvalue weighted by Gasteiger charge is 2.26. The number of rotatable bonds is 5. The Hall–Kier alpha value is -4.62. The highest BCUT2D eigenvalue weighted by atomic mass is 16.6. The summed E-state index contributed by atoms with van der Waals surface area (Å²) >= 11 is 0. The number of hydrogen-bond donors (Lipinski definition) is 1. The smallest absolute Gasteiger partial charge is 0.410 e. The summed E-state index contributed by atoms with van der Waals surface area (Å²) in [6.07, 6.45) is -0.247. The van der Waals surface area contributed by atoms with Crippen LogP contribution in [0.25, 0.3) is 33.1 Å². The first-order valence-electron chi connectivity index (χ1n) is 14.3. The van der Waals surface area contributed by atoms with Gasteiger partial charge in [-0.15, -0.1) is 0 Å². The van der Waals surface area contributed by atoms with Crippen molar-refractivity contribution in [2.24, 2.45) is 0 Å². The molecule has 1 aliphatic rings. The van der Waals surface area contributed by atoms with Crippen molar-refractivity contribution < 1.29 is 18.7 Å². The molecule has 7 nitrogen and oxygen atoms in total. The lowest BCUT2D eigenvalue weighted by Crippen LogP contribution is -2.49. The minimum atomic E-state index is -0.490. The maximum atomic E-state index is 13.4. The molecule has 0 spiro atoms. The van der Waals surface area contributed by atoms with Gasteiger partial charge in [0.05, 0.1) is 5.69 Å². The van der Waals surface area contributed by atoms with Crippen LogP contribution in [0.5, 0.6) is 0 Å². The summed E-state index contributed by atoms with van der Waals surface area (Å²) < 4.78 is 11.8. The molecule has 214 valence electrons. The zero-order chi connectivity index (χ0) is 29.3. The van der Waals surface area contributed by atoms with Gasteiger partial charge in [-0.3, -0.25) is 9.69 Å². The zero-order valence-electron chi connectivity index (χ0n) is 24.2. The van der Waals surface area contributed by atoms with Crippen LogP contribution in [0, 0.1) is 0 Å². The summed E-state index contributed by atoms with van der Waals surface area (Å²) in [7, 11) is 0. The van der Waals surface area contributed by atoms with Crippen molar-refractivity contribution in [3.8, 4) is 11.3 Å². The third kappa shape index (κ3) is 6.02. The van der Waals surface area contributed by atoms with Gasteiger partial charge in [-0.1, -0.05) is 54.6 Å². The summed E-state index contributed by atoms with van der Waals surface area (Å²) in [6, 6.07) is 29.6. The summed E-state index contributed by atoms with van der Waals surface area (Å²) in [6.45, 7) is 9.33. The van der Waals surface area contributed by atoms with Crippen molar-refractivity contribution in [1.82, 2.24) is 9.80 Å². The Labute approximate surface area is 245 Å². The molecule has 5 aromatic rings. The molecular weight excluding hydrogens is 526 g/mol. The molecule has 6 rings (SSSR count). The van der Waals surface area contributed by atoms with E-state index in [9.17, 15) is 9.59 Å². The first kappa shape index (κ1) is 27.5. The number of ether oxygens (including phenoxy) is 1. The quantitative estimate of drug-likeness (QED) is 0.240. The summed E-state index contributed by atoms with van der Waals surface area (Å²) in [5.41, 5.74) is 3.62. The largest absolute Gasteiger partial charge is 0.456 e. The van der Waals surface area contributed by atoms with Crippen molar-refractivity contribution in [2.45, 2.75) is 32.9 Å². The van der Waals surface area contributed by atoms with Crippen LogP contribution in [0.15, 0.2) is 95.4 Å². The van der Waals surface area contributed by atoms with Crippen LogP contribution in [0.3, 0.4) is 0 Å². The van der Waals surface area contributed by atoms with Gasteiger partial charge >= 0.3 is 6.09 Å². The number of furan rings is 1. The number of para-hydroxylation sites is 1. The van der Waals surface area contributed by atoms with Crippen molar-refractivity contribution in [3.63, 3.8) is 0 Å². The first-order valence-corrected chi connectivity index (χ1v) is 14.3. The molecule has 2 amide bonds. The van der Waals surface area contributed by atoms with E-state index < -0.39 is 5.60 Å². The predicted octanol–water partition coefficient (Wildman–Crippen LogP) is 7.56.